The Bertz CT molecular complexity index is 547. The molecule has 2 aliphatic carbocycles. The van der Waals surface area contributed by atoms with Gasteiger partial charge in [0.15, 0.2) is 0 Å². The highest BCUT2D eigenvalue weighted by atomic mass is 14.4. The van der Waals surface area contributed by atoms with Gasteiger partial charge in [-0.05, 0) is 59.6 Å². The van der Waals surface area contributed by atoms with Crippen molar-refractivity contribution in [1.82, 2.24) is 0 Å². The molecule has 0 amide bonds. The van der Waals surface area contributed by atoms with Crippen LogP contribution in [0.3, 0.4) is 0 Å². The zero-order valence-electron chi connectivity index (χ0n) is 10.2. The number of fused-ring (bicyclic) bond motifs is 2. The van der Waals surface area contributed by atoms with E-state index in [9.17, 15) is 0 Å². The van der Waals surface area contributed by atoms with Gasteiger partial charge in [0.05, 0.1) is 0 Å². The van der Waals surface area contributed by atoms with Crippen LogP contribution in [-0.2, 0) is 6.42 Å². The largest absolute Gasteiger partial charge is 0.305 e. The highest BCUT2D eigenvalue weighted by Crippen LogP contribution is 2.39. The fourth-order valence-corrected chi connectivity index (χ4v) is 2.82. The predicted molar refractivity (Wildman–Crippen MR) is 72.6 cm³/mol. The van der Waals surface area contributed by atoms with Crippen molar-refractivity contribution in [3.05, 3.63) is 52.6 Å². The quantitative estimate of drug-likeness (QED) is 0.729. The van der Waals surface area contributed by atoms with Gasteiger partial charge in [0.1, 0.15) is 0 Å². The maximum absolute atomic E-state index is 7.92. The molecule has 0 aliphatic heterocycles. The Morgan fingerprint density at radius 1 is 1.35 bits per heavy atom. The Morgan fingerprint density at radius 3 is 3.06 bits per heavy atom. The summed E-state index contributed by atoms with van der Waals surface area (Å²) < 4.78 is 0. The molecule has 2 aliphatic rings. The maximum Gasteiger partial charge on any atom is 0.0383 e. The SMILES string of the molecule is CCC(=N)c1ccc2c(c1)CC1=C2CCC=C1. The van der Waals surface area contributed by atoms with Gasteiger partial charge in [-0.1, -0.05) is 31.2 Å². The third-order valence-electron chi connectivity index (χ3n) is 3.78. The molecule has 17 heavy (non-hydrogen) atoms. The summed E-state index contributed by atoms with van der Waals surface area (Å²) in [4.78, 5) is 0. The van der Waals surface area contributed by atoms with Gasteiger partial charge in [-0.3, -0.25) is 0 Å². The van der Waals surface area contributed by atoms with E-state index in [4.69, 9.17) is 5.41 Å². The summed E-state index contributed by atoms with van der Waals surface area (Å²) in [7, 11) is 0. The van der Waals surface area contributed by atoms with Crippen LogP contribution in [0.25, 0.3) is 5.57 Å². The zero-order chi connectivity index (χ0) is 11.8. The van der Waals surface area contributed by atoms with Crippen molar-refractivity contribution in [3.63, 3.8) is 0 Å². The highest BCUT2D eigenvalue weighted by Gasteiger charge is 2.21. The summed E-state index contributed by atoms with van der Waals surface area (Å²) >= 11 is 0. The van der Waals surface area contributed by atoms with Crippen LogP contribution in [-0.4, -0.2) is 5.71 Å². The second kappa shape index (κ2) is 3.99. The van der Waals surface area contributed by atoms with E-state index < -0.39 is 0 Å². The van der Waals surface area contributed by atoms with Crippen molar-refractivity contribution in [2.24, 2.45) is 0 Å². The first-order chi connectivity index (χ1) is 8.29. The van der Waals surface area contributed by atoms with Gasteiger partial charge >= 0.3 is 0 Å². The summed E-state index contributed by atoms with van der Waals surface area (Å²) in [6, 6.07) is 6.54. The van der Waals surface area contributed by atoms with Gasteiger partial charge in [0.25, 0.3) is 0 Å². The molecule has 1 aromatic rings. The molecule has 3 rings (SSSR count). The lowest BCUT2D eigenvalue weighted by molar-refractivity contribution is 1.04. The Hall–Kier alpha value is -1.63. The van der Waals surface area contributed by atoms with Crippen LogP contribution in [0.15, 0.2) is 35.9 Å². The van der Waals surface area contributed by atoms with Crippen molar-refractivity contribution >= 4 is 11.3 Å². The normalized spacial score (nSPS) is 17.0. The highest BCUT2D eigenvalue weighted by molar-refractivity contribution is 5.99. The summed E-state index contributed by atoms with van der Waals surface area (Å²) in [5.74, 6) is 0. The Balaban J connectivity index is 2.01. The predicted octanol–water partition coefficient (Wildman–Crippen LogP) is 4.12. The lowest BCUT2D eigenvalue weighted by Gasteiger charge is -2.09. The summed E-state index contributed by atoms with van der Waals surface area (Å²) in [5.41, 5.74) is 7.71. The number of benzene rings is 1. The van der Waals surface area contributed by atoms with E-state index in [0.717, 1.165) is 24.1 Å². The average molecular weight is 223 g/mol. The molecule has 86 valence electrons. The third-order valence-corrected chi connectivity index (χ3v) is 3.78. The van der Waals surface area contributed by atoms with E-state index in [-0.39, 0.29) is 0 Å². The molecule has 1 heteroatoms. The van der Waals surface area contributed by atoms with E-state index in [0.29, 0.717) is 0 Å². The molecule has 1 nitrogen and oxygen atoms in total. The molecule has 0 spiro atoms. The number of allylic oxidation sites excluding steroid dienone is 4. The summed E-state index contributed by atoms with van der Waals surface area (Å²) in [6.07, 6.45) is 8.79. The minimum absolute atomic E-state index is 0.744. The first-order valence-corrected chi connectivity index (χ1v) is 6.39. The topological polar surface area (TPSA) is 23.9 Å². The lowest BCUT2D eigenvalue weighted by Crippen LogP contribution is -1.98. The van der Waals surface area contributed by atoms with Gasteiger partial charge in [-0.25, -0.2) is 0 Å². The Kier molecular flexibility index (Phi) is 2.47. The number of hydrogen-bond acceptors (Lipinski definition) is 1. The molecule has 0 radical (unpaired) electrons. The molecule has 1 aromatic carbocycles. The van der Waals surface area contributed by atoms with Crippen LogP contribution in [0.5, 0.6) is 0 Å². The number of hydrogen-bond donors (Lipinski definition) is 1. The fraction of sp³-hybridized carbons (Fsp3) is 0.312. The van der Waals surface area contributed by atoms with Crippen molar-refractivity contribution < 1.29 is 0 Å². The van der Waals surface area contributed by atoms with E-state index >= 15 is 0 Å². The van der Waals surface area contributed by atoms with Crippen molar-refractivity contribution in [1.29, 1.82) is 5.41 Å². The molecular formula is C16H17N. The third kappa shape index (κ3) is 1.66. The maximum atomic E-state index is 7.92. The molecule has 0 fully saturated rings. The molecule has 0 bridgehead atoms. The Labute approximate surface area is 102 Å². The zero-order valence-corrected chi connectivity index (χ0v) is 10.2. The van der Waals surface area contributed by atoms with E-state index in [1.807, 2.05) is 6.92 Å². The van der Waals surface area contributed by atoms with Crippen molar-refractivity contribution in [3.8, 4) is 0 Å². The molecule has 0 atom stereocenters. The van der Waals surface area contributed by atoms with Gasteiger partial charge in [-0.2, -0.15) is 0 Å². The van der Waals surface area contributed by atoms with Crippen LogP contribution in [0.1, 0.15) is 42.9 Å². The van der Waals surface area contributed by atoms with Crippen molar-refractivity contribution in [2.75, 3.05) is 0 Å². The fourth-order valence-electron chi connectivity index (χ4n) is 2.82. The number of nitrogens with one attached hydrogen (secondary N) is 1. The van der Waals surface area contributed by atoms with Gasteiger partial charge in [0, 0.05) is 5.71 Å². The first-order valence-electron chi connectivity index (χ1n) is 6.39. The number of rotatable bonds is 2. The van der Waals surface area contributed by atoms with Crippen LogP contribution in [0.2, 0.25) is 0 Å². The van der Waals surface area contributed by atoms with Crippen LogP contribution in [0.4, 0.5) is 0 Å². The molecule has 0 aromatic heterocycles. The molecule has 0 saturated heterocycles. The van der Waals surface area contributed by atoms with E-state index in [1.54, 1.807) is 0 Å². The molecule has 0 saturated carbocycles. The molecule has 0 unspecified atom stereocenters. The summed E-state index contributed by atoms with van der Waals surface area (Å²) in [6.45, 7) is 2.04. The second-order valence-electron chi connectivity index (χ2n) is 4.83. The van der Waals surface area contributed by atoms with Crippen LogP contribution >= 0.6 is 0 Å². The van der Waals surface area contributed by atoms with Crippen LogP contribution in [0, 0.1) is 5.41 Å². The summed E-state index contributed by atoms with van der Waals surface area (Å²) in [5, 5.41) is 7.92. The van der Waals surface area contributed by atoms with E-state index in [1.165, 1.54) is 35.1 Å². The van der Waals surface area contributed by atoms with Crippen LogP contribution < -0.4 is 0 Å². The van der Waals surface area contributed by atoms with Gasteiger partial charge in [0.2, 0.25) is 0 Å². The minimum atomic E-state index is 0.744. The second-order valence-corrected chi connectivity index (χ2v) is 4.83. The standard InChI is InChI=1S/C16H17N/c1-2-16(17)12-7-8-15-13(10-12)9-11-5-3-4-6-14(11)15/h3,5,7-8,10,17H,2,4,6,9H2,1H3. The molecule has 0 heterocycles. The first kappa shape index (κ1) is 10.5. The lowest BCUT2D eigenvalue weighted by atomic mass is 9.96. The van der Waals surface area contributed by atoms with Gasteiger partial charge < -0.3 is 5.41 Å². The molecular weight excluding hydrogens is 206 g/mol. The van der Waals surface area contributed by atoms with E-state index in [2.05, 4.69) is 30.4 Å². The molecule has 1 N–H and O–H groups in total. The van der Waals surface area contributed by atoms with Crippen molar-refractivity contribution in [2.45, 2.75) is 32.6 Å². The Morgan fingerprint density at radius 2 is 2.24 bits per heavy atom. The smallest absolute Gasteiger partial charge is 0.0383 e. The van der Waals surface area contributed by atoms with Gasteiger partial charge in [-0.15, -0.1) is 0 Å². The average Bonchev–Trinajstić information content (AvgIpc) is 2.75. The minimum Gasteiger partial charge on any atom is -0.305 e. The monoisotopic (exact) mass is 223 g/mol.